The lowest BCUT2D eigenvalue weighted by Gasteiger charge is -2.46. The maximum absolute atomic E-state index is 10.5. The fourth-order valence-electron chi connectivity index (χ4n) is 5.52. The van der Waals surface area contributed by atoms with Crippen LogP contribution in [0.5, 0.6) is 11.5 Å². The lowest BCUT2D eigenvalue weighted by Crippen LogP contribution is -2.61. The molecule has 0 unspecified atom stereocenters. The van der Waals surface area contributed by atoms with Crippen LogP contribution >= 0.6 is 0 Å². The summed E-state index contributed by atoms with van der Waals surface area (Å²) >= 11 is 0. The molecule has 0 saturated carbocycles. The monoisotopic (exact) mass is 628 g/mol. The first-order valence-corrected chi connectivity index (χ1v) is 15.7. The Morgan fingerprint density at radius 3 is 1.43 bits per heavy atom. The molecular weight excluding hydrogens is 584 g/mol. The second-order valence-corrected chi connectivity index (χ2v) is 11.2. The molecule has 1 saturated heterocycles. The van der Waals surface area contributed by atoms with Gasteiger partial charge >= 0.3 is 0 Å². The third-order valence-corrected chi connectivity index (χ3v) is 8.06. The minimum atomic E-state index is -0.623. The highest BCUT2D eigenvalue weighted by Crippen LogP contribution is 2.32. The molecule has 1 aliphatic heterocycles. The largest absolute Gasteiger partial charge is 0.497 e. The van der Waals surface area contributed by atoms with E-state index in [1.54, 1.807) is 14.2 Å². The van der Waals surface area contributed by atoms with E-state index in [0.29, 0.717) is 39.5 Å². The van der Waals surface area contributed by atoms with Crippen molar-refractivity contribution < 1.29 is 38.3 Å². The van der Waals surface area contributed by atoms with E-state index in [-0.39, 0.29) is 6.61 Å². The van der Waals surface area contributed by atoms with Crippen LogP contribution in [0.3, 0.4) is 0 Å². The third kappa shape index (κ3) is 9.62. The first-order valence-electron chi connectivity index (χ1n) is 15.7. The summed E-state index contributed by atoms with van der Waals surface area (Å²) in [4.78, 5) is 0. The fourth-order valence-corrected chi connectivity index (χ4v) is 5.52. The van der Waals surface area contributed by atoms with Crippen LogP contribution in [0.2, 0.25) is 0 Å². The first kappa shape index (κ1) is 33.6. The molecule has 0 aliphatic carbocycles. The van der Waals surface area contributed by atoms with Crippen molar-refractivity contribution >= 4 is 0 Å². The van der Waals surface area contributed by atoms with Crippen LogP contribution in [0.1, 0.15) is 28.7 Å². The summed E-state index contributed by atoms with van der Waals surface area (Å²) in [6.45, 7) is 1.70. The minimum Gasteiger partial charge on any atom is -0.497 e. The van der Waals surface area contributed by atoms with Crippen LogP contribution in [0.15, 0.2) is 109 Å². The van der Waals surface area contributed by atoms with Gasteiger partial charge < -0.3 is 38.3 Å². The number of aliphatic hydroxyl groups excluding tert-OH is 1. The molecule has 1 N–H and O–H groups in total. The summed E-state index contributed by atoms with van der Waals surface area (Å²) in [5.74, 6) is 1.58. The van der Waals surface area contributed by atoms with Crippen molar-refractivity contribution in [2.45, 2.75) is 63.4 Å². The summed E-state index contributed by atoms with van der Waals surface area (Å²) in [6, 6.07) is 35.6. The van der Waals surface area contributed by atoms with Gasteiger partial charge in [-0.25, -0.2) is 0 Å². The van der Waals surface area contributed by atoms with Crippen molar-refractivity contribution in [2.24, 2.45) is 0 Å². The Hall–Kier alpha value is -3.76. The second-order valence-electron chi connectivity index (χ2n) is 11.2. The molecule has 5 atom stereocenters. The van der Waals surface area contributed by atoms with Crippen molar-refractivity contribution in [3.05, 3.63) is 131 Å². The van der Waals surface area contributed by atoms with Gasteiger partial charge in [0.05, 0.1) is 53.4 Å². The molecule has 1 aliphatic rings. The van der Waals surface area contributed by atoms with Crippen molar-refractivity contribution in [3.63, 3.8) is 0 Å². The van der Waals surface area contributed by atoms with Gasteiger partial charge in [0.1, 0.15) is 35.9 Å². The Morgan fingerprint density at radius 1 is 0.522 bits per heavy atom. The average molecular weight is 629 g/mol. The minimum absolute atomic E-state index is 0.229. The van der Waals surface area contributed by atoms with E-state index in [1.807, 2.05) is 109 Å². The molecule has 5 rings (SSSR count). The van der Waals surface area contributed by atoms with Gasteiger partial charge in [-0.2, -0.15) is 0 Å². The van der Waals surface area contributed by atoms with E-state index in [9.17, 15) is 5.11 Å². The van der Waals surface area contributed by atoms with Gasteiger partial charge in [-0.05, 0) is 52.9 Å². The molecule has 4 aromatic carbocycles. The SMILES string of the molecule is COc1ccc(COCC[C@@H]2O[C@H](CO)[C@@H](OCc3ccc(OC)cc3)[C@H](OCc3ccccc3)[C@H]2OCc2ccccc2)cc1. The van der Waals surface area contributed by atoms with Gasteiger partial charge in [-0.1, -0.05) is 84.9 Å². The van der Waals surface area contributed by atoms with Crippen molar-refractivity contribution in [2.75, 3.05) is 27.4 Å². The predicted octanol–water partition coefficient (Wildman–Crippen LogP) is 6.13. The fraction of sp³-hybridized carbons (Fsp3) is 0.368. The first-order chi connectivity index (χ1) is 22.7. The Bertz CT molecular complexity index is 1400. The number of hydrogen-bond donors (Lipinski definition) is 1. The Morgan fingerprint density at radius 2 is 0.957 bits per heavy atom. The van der Waals surface area contributed by atoms with E-state index >= 15 is 0 Å². The van der Waals surface area contributed by atoms with E-state index in [2.05, 4.69) is 0 Å². The van der Waals surface area contributed by atoms with Gasteiger partial charge in [0.25, 0.3) is 0 Å². The Kier molecular flexibility index (Phi) is 13.0. The summed E-state index contributed by atoms with van der Waals surface area (Å²) in [7, 11) is 3.29. The molecule has 8 heteroatoms. The van der Waals surface area contributed by atoms with Crippen LogP contribution in [-0.2, 0) is 50.1 Å². The highest BCUT2D eigenvalue weighted by Gasteiger charge is 2.47. The topological polar surface area (TPSA) is 84.8 Å². The summed E-state index contributed by atoms with van der Waals surface area (Å²) in [5.41, 5.74) is 4.09. The van der Waals surface area contributed by atoms with Crippen LogP contribution in [-0.4, -0.2) is 63.1 Å². The molecule has 0 bridgehead atoms. The standard InChI is InChI=1S/C38H44O8/c1-40-32-17-13-30(14-18-32)24-42-22-21-34-36(43-25-28-9-5-3-6-10-28)38(45-26-29-11-7-4-8-12-29)37(35(23-39)46-34)44-27-31-15-19-33(41-2)20-16-31/h3-20,34-39H,21-27H2,1-2H3/t34-,35+,36-,37+,38+/m0/s1. The van der Waals surface area contributed by atoms with Crippen molar-refractivity contribution in [3.8, 4) is 11.5 Å². The summed E-state index contributed by atoms with van der Waals surface area (Å²) in [6.07, 6.45) is -2.09. The molecule has 0 spiro atoms. The molecule has 0 amide bonds. The van der Waals surface area contributed by atoms with Crippen LogP contribution in [0, 0.1) is 0 Å². The van der Waals surface area contributed by atoms with Crippen LogP contribution < -0.4 is 9.47 Å². The van der Waals surface area contributed by atoms with E-state index in [1.165, 1.54) is 0 Å². The molecule has 1 heterocycles. The number of benzene rings is 4. The van der Waals surface area contributed by atoms with E-state index in [4.69, 9.17) is 33.2 Å². The van der Waals surface area contributed by atoms with E-state index in [0.717, 1.165) is 33.8 Å². The summed E-state index contributed by atoms with van der Waals surface area (Å²) in [5, 5.41) is 10.5. The molecule has 4 aromatic rings. The third-order valence-electron chi connectivity index (χ3n) is 8.06. The maximum atomic E-state index is 10.5. The average Bonchev–Trinajstić information content (AvgIpc) is 3.12. The number of rotatable bonds is 17. The number of methoxy groups -OCH3 is 2. The number of aliphatic hydroxyl groups is 1. The Labute approximate surface area is 271 Å². The zero-order chi connectivity index (χ0) is 32.0. The smallest absolute Gasteiger partial charge is 0.118 e. The molecule has 0 radical (unpaired) electrons. The normalized spacial score (nSPS) is 21.2. The number of hydrogen-bond acceptors (Lipinski definition) is 8. The number of ether oxygens (including phenoxy) is 7. The quantitative estimate of drug-likeness (QED) is 0.140. The van der Waals surface area contributed by atoms with Gasteiger partial charge in [0.15, 0.2) is 0 Å². The van der Waals surface area contributed by atoms with Crippen LogP contribution in [0.25, 0.3) is 0 Å². The maximum Gasteiger partial charge on any atom is 0.118 e. The second kappa shape index (κ2) is 17.8. The lowest BCUT2D eigenvalue weighted by atomic mass is 9.92. The molecule has 8 nitrogen and oxygen atoms in total. The van der Waals surface area contributed by atoms with Crippen LogP contribution in [0.4, 0.5) is 0 Å². The Balaban J connectivity index is 1.34. The molecule has 244 valence electrons. The van der Waals surface area contributed by atoms with Gasteiger partial charge in [-0.15, -0.1) is 0 Å². The van der Waals surface area contributed by atoms with Gasteiger partial charge in [-0.3, -0.25) is 0 Å². The van der Waals surface area contributed by atoms with E-state index < -0.39 is 30.5 Å². The molecule has 0 aromatic heterocycles. The van der Waals surface area contributed by atoms with Crippen molar-refractivity contribution in [1.29, 1.82) is 0 Å². The predicted molar refractivity (Wildman–Crippen MR) is 175 cm³/mol. The highest BCUT2D eigenvalue weighted by atomic mass is 16.6. The highest BCUT2D eigenvalue weighted by molar-refractivity contribution is 5.27. The lowest BCUT2D eigenvalue weighted by molar-refractivity contribution is -0.272. The summed E-state index contributed by atoms with van der Waals surface area (Å²) < 4.78 is 43.0. The molecular formula is C38H44O8. The molecule has 1 fully saturated rings. The molecule has 46 heavy (non-hydrogen) atoms. The van der Waals surface area contributed by atoms with Crippen molar-refractivity contribution in [1.82, 2.24) is 0 Å². The zero-order valence-corrected chi connectivity index (χ0v) is 26.5. The zero-order valence-electron chi connectivity index (χ0n) is 26.5. The van der Waals surface area contributed by atoms with Gasteiger partial charge in [0, 0.05) is 6.61 Å². The van der Waals surface area contributed by atoms with Gasteiger partial charge in [0.2, 0.25) is 0 Å².